The third-order valence-electron chi connectivity index (χ3n) is 2.48. The van der Waals surface area contributed by atoms with Crippen LogP contribution in [-0.2, 0) is 5.41 Å². The lowest BCUT2D eigenvalue weighted by molar-refractivity contribution is 0.414. The molecule has 0 bridgehead atoms. The highest BCUT2D eigenvalue weighted by Crippen LogP contribution is 2.36. The quantitative estimate of drug-likeness (QED) is 0.891. The van der Waals surface area contributed by atoms with E-state index in [-0.39, 0.29) is 5.41 Å². The molecule has 0 aromatic heterocycles. The minimum absolute atomic E-state index is 0.188. The molecule has 15 heavy (non-hydrogen) atoms. The average molecular weight is 248 g/mol. The molecule has 1 rings (SSSR count). The Hall–Kier alpha value is -0.440. The molecule has 0 saturated heterocycles. The van der Waals surface area contributed by atoms with Crippen LogP contribution in [0.3, 0.4) is 0 Å². The highest BCUT2D eigenvalue weighted by Gasteiger charge is 2.23. The summed E-state index contributed by atoms with van der Waals surface area (Å²) < 4.78 is 5.08. The summed E-state index contributed by atoms with van der Waals surface area (Å²) in [6, 6.07) is 3.53. The topological polar surface area (TPSA) is 35.2 Å². The Bertz CT molecular complexity index is 364. The second-order valence-electron chi connectivity index (χ2n) is 4.05. The van der Waals surface area contributed by atoms with Crippen molar-refractivity contribution in [2.45, 2.75) is 19.3 Å². The van der Waals surface area contributed by atoms with Crippen molar-refractivity contribution in [3.63, 3.8) is 0 Å². The molecule has 0 aliphatic rings. The molecule has 0 aliphatic heterocycles. The van der Waals surface area contributed by atoms with E-state index in [1.807, 2.05) is 19.9 Å². The molecule has 4 heteroatoms. The van der Waals surface area contributed by atoms with E-state index in [0.29, 0.717) is 22.3 Å². The van der Waals surface area contributed by atoms with E-state index in [1.165, 1.54) is 0 Å². The van der Waals surface area contributed by atoms with Gasteiger partial charge >= 0.3 is 0 Å². The normalized spacial score (nSPS) is 11.6. The summed E-state index contributed by atoms with van der Waals surface area (Å²) in [6.07, 6.45) is 0. The minimum Gasteiger partial charge on any atom is -0.495 e. The molecule has 0 spiro atoms. The zero-order valence-electron chi connectivity index (χ0n) is 9.10. The molecule has 84 valence electrons. The lowest BCUT2D eigenvalue weighted by Crippen LogP contribution is -2.28. The average Bonchev–Trinajstić information content (AvgIpc) is 2.20. The van der Waals surface area contributed by atoms with E-state index < -0.39 is 0 Å². The van der Waals surface area contributed by atoms with Gasteiger partial charge in [0.05, 0.1) is 12.1 Å². The smallest absolute Gasteiger partial charge is 0.138 e. The van der Waals surface area contributed by atoms with Gasteiger partial charge in [0.25, 0.3) is 0 Å². The zero-order chi connectivity index (χ0) is 11.6. The zero-order valence-corrected chi connectivity index (χ0v) is 10.6. The first kappa shape index (κ1) is 12.6. The van der Waals surface area contributed by atoms with E-state index in [4.69, 9.17) is 33.7 Å². The molecule has 0 unspecified atom stereocenters. The number of nitrogens with two attached hydrogens (primary N) is 1. The first-order chi connectivity index (χ1) is 6.92. The van der Waals surface area contributed by atoms with Gasteiger partial charge in [-0.25, -0.2) is 0 Å². The number of halogens is 2. The van der Waals surface area contributed by atoms with Gasteiger partial charge in [-0.1, -0.05) is 37.0 Å². The number of hydrogen-bond donors (Lipinski definition) is 1. The predicted molar refractivity (Wildman–Crippen MR) is 65.1 cm³/mol. The number of methoxy groups -OCH3 is 1. The molecule has 0 heterocycles. The monoisotopic (exact) mass is 247 g/mol. The Kier molecular flexibility index (Phi) is 3.87. The molecular weight excluding hydrogens is 233 g/mol. The van der Waals surface area contributed by atoms with Crippen LogP contribution in [0.5, 0.6) is 5.75 Å². The molecule has 0 amide bonds. The Morgan fingerprint density at radius 3 is 2.33 bits per heavy atom. The number of hydrogen-bond acceptors (Lipinski definition) is 2. The Morgan fingerprint density at radius 2 is 1.87 bits per heavy atom. The van der Waals surface area contributed by atoms with Crippen molar-refractivity contribution in [1.82, 2.24) is 0 Å². The summed E-state index contributed by atoms with van der Waals surface area (Å²) in [6.45, 7) is 4.56. The van der Waals surface area contributed by atoms with Crippen molar-refractivity contribution in [1.29, 1.82) is 0 Å². The van der Waals surface area contributed by atoms with Gasteiger partial charge in [-0.05, 0) is 11.6 Å². The fraction of sp³-hybridized carbons (Fsp3) is 0.455. The van der Waals surface area contributed by atoms with Gasteiger partial charge in [0.2, 0.25) is 0 Å². The summed E-state index contributed by atoms with van der Waals surface area (Å²) in [5.74, 6) is 0.582. The Morgan fingerprint density at radius 1 is 1.27 bits per heavy atom. The van der Waals surface area contributed by atoms with Gasteiger partial charge in [0.15, 0.2) is 0 Å². The molecule has 0 atom stereocenters. The van der Waals surface area contributed by atoms with Crippen LogP contribution in [0.2, 0.25) is 10.0 Å². The fourth-order valence-corrected chi connectivity index (χ4v) is 1.96. The first-order valence-electron chi connectivity index (χ1n) is 4.66. The maximum Gasteiger partial charge on any atom is 0.138 e. The van der Waals surface area contributed by atoms with Gasteiger partial charge in [-0.2, -0.15) is 0 Å². The second-order valence-corrected chi connectivity index (χ2v) is 4.87. The van der Waals surface area contributed by atoms with Gasteiger partial charge in [0.1, 0.15) is 5.75 Å². The largest absolute Gasteiger partial charge is 0.495 e. The lowest BCUT2D eigenvalue weighted by atomic mass is 9.85. The molecular formula is C11H15Cl2NO. The fourth-order valence-electron chi connectivity index (χ4n) is 1.31. The summed E-state index contributed by atoms with van der Waals surface area (Å²) in [5.41, 5.74) is 6.45. The summed E-state index contributed by atoms with van der Waals surface area (Å²) in [7, 11) is 1.56. The molecule has 0 saturated carbocycles. The minimum atomic E-state index is -0.188. The maximum absolute atomic E-state index is 6.15. The van der Waals surface area contributed by atoms with E-state index in [2.05, 4.69) is 0 Å². The van der Waals surface area contributed by atoms with Crippen LogP contribution in [0.15, 0.2) is 12.1 Å². The van der Waals surface area contributed by atoms with Gasteiger partial charge in [0, 0.05) is 23.0 Å². The highest BCUT2D eigenvalue weighted by molar-refractivity contribution is 6.34. The van der Waals surface area contributed by atoms with Crippen LogP contribution in [0.1, 0.15) is 19.4 Å². The van der Waals surface area contributed by atoms with Gasteiger partial charge < -0.3 is 10.5 Å². The Balaban J connectivity index is 3.28. The second kappa shape index (κ2) is 4.60. The van der Waals surface area contributed by atoms with Crippen molar-refractivity contribution in [2.24, 2.45) is 5.73 Å². The van der Waals surface area contributed by atoms with E-state index in [9.17, 15) is 0 Å². The maximum atomic E-state index is 6.15. The van der Waals surface area contributed by atoms with Crippen LogP contribution in [0.25, 0.3) is 0 Å². The SMILES string of the molecule is COc1cc(Cl)c(C(C)(C)CN)cc1Cl. The molecule has 1 aromatic rings. The molecule has 2 nitrogen and oxygen atoms in total. The van der Waals surface area contributed by atoms with Crippen molar-refractivity contribution >= 4 is 23.2 Å². The van der Waals surface area contributed by atoms with Crippen LogP contribution in [-0.4, -0.2) is 13.7 Å². The number of ether oxygens (including phenoxy) is 1. The molecule has 0 radical (unpaired) electrons. The van der Waals surface area contributed by atoms with Crippen molar-refractivity contribution in [3.8, 4) is 5.75 Å². The molecule has 1 aromatic carbocycles. The van der Waals surface area contributed by atoms with Gasteiger partial charge in [-0.3, -0.25) is 0 Å². The molecule has 0 aliphatic carbocycles. The third-order valence-corrected chi connectivity index (χ3v) is 3.09. The predicted octanol–water partition coefficient (Wildman–Crippen LogP) is 3.24. The van der Waals surface area contributed by atoms with Crippen LogP contribution < -0.4 is 10.5 Å². The standard InChI is InChI=1S/C11H15Cl2NO/c1-11(2,6-14)7-4-9(13)10(15-3)5-8(7)12/h4-5H,6,14H2,1-3H3. The summed E-state index contributed by atoms with van der Waals surface area (Å²) in [4.78, 5) is 0. The number of rotatable bonds is 3. The van der Waals surface area contributed by atoms with Crippen molar-refractivity contribution < 1.29 is 4.74 Å². The summed E-state index contributed by atoms with van der Waals surface area (Å²) >= 11 is 12.2. The van der Waals surface area contributed by atoms with E-state index >= 15 is 0 Å². The Labute approximate surface area is 100 Å². The van der Waals surface area contributed by atoms with Crippen LogP contribution >= 0.6 is 23.2 Å². The van der Waals surface area contributed by atoms with Crippen LogP contribution in [0, 0.1) is 0 Å². The summed E-state index contributed by atoms with van der Waals surface area (Å²) in [5, 5.41) is 1.19. The third kappa shape index (κ3) is 2.57. The molecule has 0 fully saturated rings. The first-order valence-corrected chi connectivity index (χ1v) is 5.41. The van der Waals surface area contributed by atoms with E-state index in [1.54, 1.807) is 13.2 Å². The van der Waals surface area contributed by atoms with Gasteiger partial charge in [-0.15, -0.1) is 0 Å². The molecule has 2 N–H and O–H groups in total. The van der Waals surface area contributed by atoms with E-state index in [0.717, 1.165) is 5.56 Å². The van der Waals surface area contributed by atoms with Crippen molar-refractivity contribution in [2.75, 3.05) is 13.7 Å². The lowest BCUT2D eigenvalue weighted by Gasteiger charge is -2.25. The van der Waals surface area contributed by atoms with Crippen molar-refractivity contribution in [3.05, 3.63) is 27.7 Å². The van der Waals surface area contributed by atoms with Crippen LogP contribution in [0.4, 0.5) is 0 Å². The number of benzene rings is 1. The highest BCUT2D eigenvalue weighted by atomic mass is 35.5.